The van der Waals surface area contributed by atoms with Crippen LogP contribution in [0, 0.1) is 0 Å². The summed E-state index contributed by atoms with van der Waals surface area (Å²) in [5.74, 6) is -0.359. The highest BCUT2D eigenvalue weighted by Crippen LogP contribution is 2.28. The van der Waals surface area contributed by atoms with Crippen LogP contribution in [0.4, 0.5) is 0 Å². The molecule has 1 saturated carbocycles. The van der Waals surface area contributed by atoms with E-state index in [0.29, 0.717) is 11.3 Å². The van der Waals surface area contributed by atoms with Gasteiger partial charge in [-0.05, 0) is 24.5 Å². The van der Waals surface area contributed by atoms with Crippen molar-refractivity contribution >= 4 is 49.8 Å². The number of carbonyl (C=O) groups excluding carboxylic acids is 2. The van der Waals surface area contributed by atoms with Gasteiger partial charge in [0, 0.05) is 24.0 Å². The van der Waals surface area contributed by atoms with Crippen molar-refractivity contribution in [3.8, 4) is 0 Å². The van der Waals surface area contributed by atoms with Crippen molar-refractivity contribution in [3.05, 3.63) is 58.4 Å². The SMILES string of the molecule is O=C(NC(Cc1ccccc1)C(=O)NC1CC1)c1cc2c(nc3sccn32)s1. The second kappa shape index (κ2) is 7.03. The Bertz CT molecular complexity index is 1160. The molecule has 1 aromatic carbocycles. The molecule has 3 heterocycles. The monoisotopic (exact) mass is 410 g/mol. The van der Waals surface area contributed by atoms with Gasteiger partial charge in [0.2, 0.25) is 5.91 Å². The molecule has 1 atom stereocenters. The molecule has 28 heavy (non-hydrogen) atoms. The van der Waals surface area contributed by atoms with Gasteiger partial charge in [-0.3, -0.25) is 14.0 Å². The number of thiazole rings is 1. The second-order valence-corrected chi connectivity index (χ2v) is 8.87. The number of rotatable bonds is 6. The van der Waals surface area contributed by atoms with E-state index in [4.69, 9.17) is 0 Å². The van der Waals surface area contributed by atoms with E-state index in [1.807, 2.05) is 52.4 Å². The van der Waals surface area contributed by atoms with Gasteiger partial charge in [0.15, 0.2) is 4.96 Å². The van der Waals surface area contributed by atoms with E-state index in [9.17, 15) is 9.59 Å². The average molecular weight is 411 g/mol. The van der Waals surface area contributed by atoms with Gasteiger partial charge in [-0.15, -0.1) is 22.7 Å². The minimum absolute atomic E-state index is 0.122. The highest BCUT2D eigenvalue weighted by Gasteiger charge is 2.29. The predicted octanol–water partition coefficient (Wildman–Crippen LogP) is 3.23. The Morgan fingerprint density at radius 2 is 2.07 bits per heavy atom. The average Bonchev–Trinajstić information content (AvgIpc) is 3.10. The van der Waals surface area contributed by atoms with Crippen molar-refractivity contribution in [2.75, 3.05) is 0 Å². The number of hydrogen-bond donors (Lipinski definition) is 2. The summed E-state index contributed by atoms with van der Waals surface area (Å²) in [4.78, 5) is 32.4. The highest BCUT2D eigenvalue weighted by molar-refractivity contribution is 7.21. The van der Waals surface area contributed by atoms with Gasteiger partial charge < -0.3 is 10.6 Å². The van der Waals surface area contributed by atoms with Gasteiger partial charge in [-0.25, -0.2) is 4.98 Å². The Labute approximate surface area is 169 Å². The molecule has 4 aromatic rings. The standard InChI is InChI=1S/C20H18N4O2S2/c25-17(21-13-6-7-13)14(10-12-4-2-1-3-5-12)22-18(26)16-11-15-19(28-16)23-20-24(15)8-9-27-20/h1-5,8-9,11,13-14H,6-7,10H2,(H,21,25)(H,22,26). The fourth-order valence-corrected chi connectivity index (χ4v) is 4.88. The van der Waals surface area contributed by atoms with Crippen molar-refractivity contribution < 1.29 is 9.59 Å². The number of amides is 2. The van der Waals surface area contributed by atoms with Crippen molar-refractivity contribution in [2.24, 2.45) is 0 Å². The van der Waals surface area contributed by atoms with Crippen molar-refractivity contribution in [1.29, 1.82) is 0 Å². The van der Waals surface area contributed by atoms with Gasteiger partial charge in [0.05, 0.1) is 10.4 Å². The number of imidazole rings is 1. The number of benzene rings is 1. The molecule has 0 aliphatic heterocycles. The Kier molecular flexibility index (Phi) is 4.37. The minimum Gasteiger partial charge on any atom is -0.352 e. The van der Waals surface area contributed by atoms with E-state index in [-0.39, 0.29) is 17.9 Å². The number of nitrogens with one attached hydrogen (secondary N) is 2. The molecule has 2 amide bonds. The molecule has 0 radical (unpaired) electrons. The van der Waals surface area contributed by atoms with Gasteiger partial charge in [0.1, 0.15) is 10.9 Å². The number of hydrogen-bond acceptors (Lipinski definition) is 5. The first-order chi connectivity index (χ1) is 13.7. The zero-order valence-electron chi connectivity index (χ0n) is 14.9. The van der Waals surface area contributed by atoms with Crippen molar-refractivity contribution in [3.63, 3.8) is 0 Å². The molecule has 1 aliphatic rings. The fourth-order valence-electron chi connectivity index (χ4n) is 3.18. The molecule has 0 saturated heterocycles. The summed E-state index contributed by atoms with van der Waals surface area (Å²) >= 11 is 2.92. The molecular weight excluding hydrogens is 392 g/mol. The quantitative estimate of drug-likeness (QED) is 0.512. The first-order valence-corrected chi connectivity index (χ1v) is 10.9. The number of carbonyl (C=O) groups is 2. The van der Waals surface area contributed by atoms with Crippen LogP contribution < -0.4 is 10.6 Å². The van der Waals surface area contributed by atoms with Crippen molar-refractivity contribution in [2.45, 2.75) is 31.3 Å². The molecule has 1 fully saturated rings. The highest BCUT2D eigenvalue weighted by atomic mass is 32.1. The van der Waals surface area contributed by atoms with Crippen LogP contribution in [0.3, 0.4) is 0 Å². The van der Waals surface area contributed by atoms with Crippen LogP contribution in [0.15, 0.2) is 48.0 Å². The Morgan fingerprint density at radius 1 is 1.25 bits per heavy atom. The number of fused-ring (bicyclic) bond motifs is 3. The summed E-state index contributed by atoms with van der Waals surface area (Å²) in [7, 11) is 0. The van der Waals surface area contributed by atoms with Crippen LogP contribution in [0.5, 0.6) is 0 Å². The second-order valence-electron chi connectivity index (χ2n) is 6.97. The maximum atomic E-state index is 12.9. The first-order valence-electron chi connectivity index (χ1n) is 9.17. The molecule has 8 heteroatoms. The summed E-state index contributed by atoms with van der Waals surface area (Å²) in [6.45, 7) is 0. The van der Waals surface area contributed by atoms with Crippen LogP contribution in [0.2, 0.25) is 0 Å². The summed E-state index contributed by atoms with van der Waals surface area (Å²) in [6.07, 6.45) is 4.43. The lowest BCUT2D eigenvalue weighted by Crippen LogP contribution is -2.48. The molecule has 1 aliphatic carbocycles. The van der Waals surface area contributed by atoms with E-state index in [1.165, 1.54) is 11.3 Å². The largest absolute Gasteiger partial charge is 0.352 e. The van der Waals surface area contributed by atoms with Crippen LogP contribution >= 0.6 is 22.7 Å². The maximum Gasteiger partial charge on any atom is 0.262 e. The molecular formula is C20H18N4O2S2. The van der Waals surface area contributed by atoms with Crippen molar-refractivity contribution in [1.82, 2.24) is 20.0 Å². The summed E-state index contributed by atoms with van der Waals surface area (Å²) in [6, 6.07) is 11.2. The Balaban J connectivity index is 1.37. The van der Waals surface area contributed by atoms with Crippen LogP contribution in [0.1, 0.15) is 28.1 Å². The van der Waals surface area contributed by atoms with Crippen LogP contribution in [0.25, 0.3) is 15.3 Å². The van der Waals surface area contributed by atoms with E-state index < -0.39 is 6.04 Å². The smallest absolute Gasteiger partial charge is 0.262 e. The van der Waals surface area contributed by atoms with Gasteiger partial charge in [0.25, 0.3) is 5.91 Å². The molecule has 6 nitrogen and oxygen atoms in total. The molecule has 5 rings (SSSR count). The number of thiophene rings is 1. The lowest BCUT2D eigenvalue weighted by Gasteiger charge is -2.18. The third-order valence-electron chi connectivity index (χ3n) is 4.79. The van der Waals surface area contributed by atoms with E-state index in [1.54, 1.807) is 11.3 Å². The molecule has 3 aromatic heterocycles. The molecule has 2 N–H and O–H groups in total. The third-order valence-corrected chi connectivity index (χ3v) is 6.57. The van der Waals surface area contributed by atoms with Gasteiger partial charge in [-0.1, -0.05) is 30.3 Å². The Morgan fingerprint density at radius 3 is 2.86 bits per heavy atom. The summed E-state index contributed by atoms with van der Waals surface area (Å²) in [5.41, 5.74) is 1.94. The van der Waals surface area contributed by atoms with E-state index >= 15 is 0 Å². The lowest BCUT2D eigenvalue weighted by molar-refractivity contribution is -0.123. The Hall–Kier alpha value is -2.71. The third kappa shape index (κ3) is 3.41. The zero-order chi connectivity index (χ0) is 19.1. The first kappa shape index (κ1) is 17.4. The fraction of sp³-hybridized carbons (Fsp3) is 0.250. The molecule has 0 spiro atoms. The zero-order valence-corrected chi connectivity index (χ0v) is 16.6. The minimum atomic E-state index is -0.603. The number of nitrogens with zero attached hydrogens (tertiary/aromatic N) is 2. The molecule has 142 valence electrons. The van der Waals surface area contributed by atoms with Crippen LogP contribution in [-0.2, 0) is 11.2 Å². The van der Waals surface area contributed by atoms with Gasteiger partial charge >= 0.3 is 0 Å². The van der Waals surface area contributed by atoms with Crippen LogP contribution in [-0.4, -0.2) is 33.3 Å². The predicted molar refractivity (Wildman–Crippen MR) is 111 cm³/mol. The lowest BCUT2D eigenvalue weighted by atomic mass is 10.1. The van der Waals surface area contributed by atoms with Gasteiger partial charge in [-0.2, -0.15) is 0 Å². The molecule has 0 bridgehead atoms. The normalized spacial score (nSPS) is 15.0. The van der Waals surface area contributed by atoms with E-state index in [2.05, 4.69) is 15.6 Å². The summed E-state index contributed by atoms with van der Waals surface area (Å²) in [5, 5.41) is 7.91. The molecule has 1 unspecified atom stereocenters. The summed E-state index contributed by atoms with van der Waals surface area (Å²) < 4.78 is 1.98. The maximum absolute atomic E-state index is 12.9. The topological polar surface area (TPSA) is 75.5 Å². The number of aromatic nitrogens is 2. The van der Waals surface area contributed by atoms with E-state index in [0.717, 1.165) is 33.7 Å².